The van der Waals surface area contributed by atoms with Crippen LogP contribution in [0.25, 0.3) is 0 Å². The van der Waals surface area contributed by atoms with Gasteiger partial charge in [0.2, 0.25) is 5.95 Å². The predicted molar refractivity (Wildman–Crippen MR) is 82.1 cm³/mol. The molecule has 0 aromatic carbocycles. The van der Waals surface area contributed by atoms with E-state index < -0.39 is 0 Å². The second-order valence-corrected chi connectivity index (χ2v) is 5.66. The Hall–Kier alpha value is -1.36. The van der Waals surface area contributed by atoms with Crippen molar-refractivity contribution in [2.24, 2.45) is 0 Å². The van der Waals surface area contributed by atoms with Crippen molar-refractivity contribution >= 4 is 11.8 Å². The van der Waals surface area contributed by atoms with Crippen LogP contribution >= 0.6 is 0 Å². The lowest BCUT2D eigenvalue weighted by atomic mass is 9.93. The van der Waals surface area contributed by atoms with Crippen molar-refractivity contribution in [3.05, 3.63) is 11.8 Å². The zero-order chi connectivity index (χ0) is 14.4. The molecule has 0 radical (unpaired) electrons. The minimum absolute atomic E-state index is 0.120. The van der Waals surface area contributed by atoms with Crippen LogP contribution in [0.2, 0.25) is 0 Å². The van der Waals surface area contributed by atoms with E-state index in [9.17, 15) is 5.11 Å². The molecule has 112 valence electrons. The Bertz CT molecular complexity index is 416. The molecule has 1 saturated carbocycles. The summed E-state index contributed by atoms with van der Waals surface area (Å²) < 4.78 is 0. The van der Waals surface area contributed by atoms with E-state index in [1.54, 1.807) is 0 Å². The van der Waals surface area contributed by atoms with Crippen molar-refractivity contribution in [2.45, 2.75) is 64.5 Å². The fraction of sp³-hybridized carbons (Fsp3) is 0.733. The summed E-state index contributed by atoms with van der Waals surface area (Å²) in [5.74, 6) is 1.61. The minimum Gasteiger partial charge on any atom is -0.393 e. The van der Waals surface area contributed by atoms with Crippen molar-refractivity contribution in [2.75, 3.05) is 17.2 Å². The Balaban J connectivity index is 1.94. The molecular weight excluding hydrogens is 252 g/mol. The maximum absolute atomic E-state index is 9.55. The summed E-state index contributed by atoms with van der Waals surface area (Å²) in [5, 5.41) is 16.3. The quantitative estimate of drug-likeness (QED) is 0.698. The number of hydrogen-bond acceptors (Lipinski definition) is 5. The highest BCUT2D eigenvalue weighted by Crippen LogP contribution is 2.23. The zero-order valence-electron chi connectivity index (χ0n) is 12.5. The third-order valence-corrected chi connectivity index (χ3v) is 3.82. The molecule has 0 aliphatic heterocycles. The van der Waals surface area contributed by atoms with Crippen molar-refractivity contribution in [1.29, 1.82) is 0 Å². The van der Waals surface area contributed by atoms with Gasteiger partial charge in [-0.15, -0.1) is 0 Å². The highest BCUT2D eigenvalue weighted by Gasteiger charge is 2.20. The number of aromatic nitrogens is 2. The molecule has 5 heteroatoms. The molecule has 0 atom stereocenters. The van der Waals surface area contributed by atoms with Crippen LogP contribution in [0.3, 0.4) is 0 Å². The average molecular weight is 278 g/mol. The maximum Gasteiger partial charge on any atom is 0.224 e. The van der Waals surface area contributed by atoms with Gasteiger partial charge in [-0.05, 0) is 39.0 Å². The fourth-order valence-electron chi connectivity index (χ4n) is 2.46. The van der Waals surface area contributed by atoms with E-state index in [1.165, 1.54) is 0 Å². The number of aliphatic hydroxyl groups excluding tert-OH is 1. The van der Waals surface area contributed by atoms with Crippen LogP contribution in [0.15, 0.2) is 6.20 Å². The molecule has 1 aliphatic rings. The minimum atomic E-state index is -0.120. The number of nitrogens with one attached hydrogen (secondary N) is 2. The van der Waals surface area contributed by atoms with Crippen LogP contribution in [0.4, 0.5) is 11.8 Å². The molecule has 0 spiro atoms. The van der Waals surface area contributed by atoms with Gasteiger partial charge in [-0.1, -0.05) is 13.3 Å². The first-order valence-corrected chi connectivity index (χ1v) is 7.71. The van der Waals surface area contributed by atoms with E-state index in [0.29, 0.717) is 12.0 Å². The average Bonchev–Trinajstić information content (AvgIpc) is 2.45. The first-order valence-electron chi connectivity index (χ1n) is 7.71. The van der Waals surface area contributed by atoms with E-state index in [4.69, 9.17) is 0 Å². The number of anilines is 2. The Morgan fingerprint density at radius 1 is 1.30 bits per heavy atom. The van der Waals surface area contributed by atoms with Crippen molar-refractivity contribution in [3.8, 4) is 0 Å². The lowest BCUT2D eigenvalue weighted by molar-refractivity contribution is 0.126. The molecule has 1 aromatic heterocycles. The topological polar surface area (TPSA) is 70.1 Å². The van der Waals surface area contributed by atoms with Crippen LogP contribution in [0.5, 0.6) is 0 Å². The predicted octanol–water partition coefficient (Wildman–Crippen LogP) is 2.71. The Labute approximate surface area is 121 Å². The molecule has 3 N–H and O–H groups in total. The van der Waals surface area contributed by atoms with Gasteiger partial charge in [-0.3, -0.25) is 0 Å². The van der Waals surface area contributed by atoms with Gasteiger partial charge in [-0.2, -0.15) is 4.98 Å². The van der Waals surface area contributed by atoms with Crippen molar-refractivity contribution in [1.82, 2.24) is 9.97 Å². The van der Waals surface area contributed by atoms with Gasteiger partial charge in [0.05, 0.1) is 6.10 Å². The summed E-state index contributed by atoms with van der Waals surface area (Å²) in [5.41, 5.74) is 1.07. The Kier molecular flexibility index (Phi) is 5.59. The Morgan fingerprint density at radius 2 is 2.05 bits per heavy atom. The van der Waals surface area contributed by atoms with E-state index in [1.807, 2.05) is 13.1 Å². The van der Waals surface area contributed by atoms with Crippen LogP contribution in [0.1, 0.15) is 51.0 Å². The van der Waals surface area contributed by atoms with Crippen LogP contribution in [-0.2, 0) is 0 Å². The third-order valence-electron chi connectivity index (χ3n) is 3.82. The largest absolute Gasteiger partial charge is 0.393 e. The van der Waals surface area contributed by atoms with Gasteiger partial charge < -0.3 is 15.7 Å². The molecule has 1 aliphatic carbocycles. The molecule has 1 aromatic rings. The van der Waals surface area contributed by atoms with Crippen LogP contribution in [-0.4, -0.2) is 33.8 Å². The van der Waals surface area contributed by atoms with Crippen molar-refractivity contribution in [3.63, 3.8) is 0 Å². The molecule has 5 nitrogen and oxygen atoms in total. The molecule has 2 rings (SSSR count). The highest BCUT2D eigenvalue weighted by molar-refractivity contribution is 5.47. The molecule has 1 fully saturated rings. The summed E-state index contributed by atoms with van der Waals surface area (Å²) in [4.78, 5) is 8.88. The van der Waals surface area contributed by atoms with E-state index in [0.717, 1.165) is 56.5 Å². The summed E-state index contributed by atoms with van der Waals surface area (Å²) >= 11 is 0. The summed E-state index contributed by atoms with van der Waals surface area (Å²) in [6, 6.07) is 0.412. The lowest BCUT2D eigenvalue weighted by Crippen LogP contribution is -2.29. The second kappa shape index (κ2) is 7.43. The smallest absolute Gasteiger partial charge is 0.224 e. The standard InChI is InChI=1S/C15H26N4O/c1-3-4-9-16-15-17-10-11(2)14(19-15)18-12-5-7-13(20)8-6-12/h10,12-13,20H,3-9H2,1-2H3,(H2,16,17,18,19). The van der Waals surface area contributed by atoms with Gasteiger partial charge in [0.1, 0.15) is 5.82 Å². The molecular formula is C15H26N4O. The number of unbranched alkanes of at least 4 members (excludes halogenated alkanes) is 1. The van der Waals surface area contributed by atoms with Gasteiger partial charge in [-0.25, -0.2) is 4.98 Å². The zero-order valence-corrected chi connectivity index (χ0v) is 12.5. The highest BCUT2D eigenvalue weighted by atomic mass is 16.3. The van der Waals surface area contributed by atoms with Crippen LogP contribution < -0.4 is 10.6 Å². The summed E-state index contributed by atoms with van der Waals surface area (Å²) in [6.07, 6.45) is 7.79. The van der Waals surface area contributed by atoms with E-state index >= 15 is 0 Å². The SMILES string of the molecule is CCCCNc1ncc(C)c(NC2CCC(O)CC2)n1. The molecule has 1 heterocycles. The molecule has 0 saturated heterocycles. The van der Waals surface area contributed by atoms with Crippen molar-refractivity contribution < 1.29 is 5.11 Å². The van der Waals surface area contributed by atoms with E-state index in [-0.39, 0.29) is 6.10 Å². The molecule has 0 amide bonds. The number of hydrogen-bond donors (Lipinski definition) is 3. The number of nitrogens with zero attached hydrogens (tertiary/aromatic N) is 2. The number of aliphatic hydroxyl groups is 1. The fourth-order valence-corrected chi connectivity index (χ4v) is 2.46. The van der Waals surface area contributed by atoms with E-state index in [2.05, 4.69) is 27.5 Å². The van der Waals surface area contributed by atoms with Gasteiger partial charge in [0, 0.05) is 24.3 Å². The van der Waals surface area contributed by atoms with Gasteiger partial charge in [0.15, 0.2) is 0 Å². The van der Waals surface area contributed by atoms with Gasteiger partial charge >= 0.3 is 0 Å². The first-order chi connectivity index (χ1) is 9.69. The summed E-state index contributed by atoms with van der Waals surface area (Å²) in [6.45, 7) is 5.10. The first kappa shape index (κ1) is 15.0. The monoisotopic (exact) mass is 278 g/mol. The van der Waals surface area contributed by atoms with Crippen LogP contribution in [0, 0.1) is 6.92 Å². The summed E-state index contributed by atoms with van der Waals surface area (Å²) in [7, 11) is 0. The lowest BCUT2D eigenvalue weighted by Gasteiger charge is -2.27. The maximum atomic E-state index is 9.55. The number of aryl methyl sites for hydroxylation is 1. The molecule has 20 heavy (non-hydrogen) atoms. The molecule has 0 unspecified atom stereocenters. The second-order valence-electron chi connectivity index (χ2n) is 5.66. The number of rotatable bonds is 6. The normalized spacial score (nSPS) is 22.6. The third kappa shape index (κ3) is 4.34. The molecule has 0 bridgehead atoms. The van der Waals surface area contributed by atoms with Gasteiger partial charge in [0.25, 0.3) is 0 Å². The Morgan fingerprint density at radius 3 is 2.75 bits per heavy atom.